The van der Waals surface area contributed by atoms with Gasteiger partial charge in [-0.3, -0.25) is 72.3 Å². The van der Waals surface area contributed by atoms with Gasteiger partial charge in [0.2, 0.25) is 70.9 Å². The molecule has 0 spiro atoms. The number of aromatic amines is 1. The molecule has 0 saturated carbocycles. The van der Waals surface area contributed by atoms with Crippen LogP contribution in [0.25, 0.3) is 0 Å². The second kappa shape index (κ2) is 45.3. The highest BCUT2D eigenvalue weighted by Gasteiger charge is 2.44. The van der Waals surface area contributed by atoms with E-state index >= 15 is 0 Å². The van der Waals surface area contributed by atoms with E-state index in [9.17, 15) is 77.3 Å². The lowest BCUT2D eigenvalue weighted by molar-refractivity contribution is -0.145. The monoisotopic (exact) mass is 1530 g/mol. The van der Waals surface area contributed by atoms with Gasteiger partial charge in [-0.05, 0) is 127 Å². The Labute approximate surface area is 632 Å². The van der Waals surface area contributed by atoms with Gasteiger partial charge < -0.3 is 117 Å². The van der Waals surface area contributed by atoms with Crippen molar-refractivity contribution in [2.45, 2.75) is 222 Å². The summed E-state index contributed by atoms with van der Waals surface area (Å²) in [7, 11) is 0. The molecule has 39 nitrogen and oxygen atoms in total. The summed E-state index contributed by atoms with van der Waals surface area (Å²) in [5.41, 5.74) is 34.9. The number of aromatic nitrogens is 2. The summed E-state index contributed by atoms with van der Waals surface area (Å²) in [6.07, 6.45) is 4.40. The number of nitrogens with two attached hydrogens (primary N) is 6. The highest BCUT2D eigenvalue weighted by molar-refractivity contribution is 6.00. The average Bonchev–Trinajstić information content (AvgIpc) is 1.73. The van der Waals surface area contributed by atoms with Gasteiger partial charge in [0, 0.05) is 63.9 Å². The van der Waals surface area contributed by atoms with Crippen LogP contribution in [0.1, 0.15) is 148 Å². The first-order valence-electron chi connectivity index (χ1n) is 37.1. The van der Waals surface area contributed by atoms with Crippen molar-refractivity contribution >= 4 is 94.7 Å². The fraction of sp³-hybridized carbons (Fsp3) is 0.643. The van der Waals surface area contributed by atoms with E-state index in [1.807, 2.05) is 13.8 Å². The third-order valence-electron chi connectivity index (χ3n) is 18.7. The molecule has 3 aliphatic heterocycles. The Balaban J connectivity index is 1.27. The number of imidazole rings is 1. The van der Waals surface area contributed by atoms with Crippen molar-refractivity contribution in [3.63, 3.8) is 0 Å². The average molecular weight is 1530 g/mol. The molecule has 109 heavy (non-hydrogen) atoms. The number of benzene rings is 1. The van der Waals surface area contributed by atoms with Crippen molar-refractivity contribution in [1.82, 2.24) is 72.5 Å². The van der Waals surface area contributed by atoms with Crippen LogP contribution in [-0.2, 0) is 80.0 Å². The van der Waals surface area contributed by atoms with Gasteiger partial charge in [-0.15, -0.1) is 0 Å². The molecule has 2 aromatic rings. The second-order valence-corrected chi connectivity index (χ2v) is 28.3. The number of likely N-dealkylation sites (tertiary alicyclic amines) is 3. The van der Waals surface area contributed by atoms with Gasteiger partial charge >= 0.3 is 11.9 Å². The zero-order valence-electron chi connectivity index (χ0n) is 62.4. The van der Waals surface area contributed by atoms with Crippen LogP contribution in [0, 0.1) is 11.8 Å². The molecule has 0 radical (unpaired) electrons. The maximum atomic E-state index is 14.5. The number of hydrogen-bond donors (Lipinski definition) is 19. The quantitative estimate of drug-likeness (QED) is 0.0167. The Hall–Kier alpha value is -10.6. The number of aliphatic hydroxyl groups is 1. The first kappa shape index (κ1) is 89.1. The number of carbonyl (C=O) groups excluding carboxylic acids is 12. The van der Waals surface area contributed by atoms with Crippen molar-refractivity contribution < 1.29 is 82.4 Å². The standard InChI is InChI=1S/C70H112N22O17/c1-39(2)31-47(85-59(99)45(18-10-26-78-69(73)74)83-64(104)53-21-13-29-91(53)66(106)46(19-11-27-79-70(75)76)84-57(97)43(72)23-24-56(95)96)60(100)89-51(37-93)62(102)86-48(34-42-35-77-38-81-42)61(101)82-44(17-8-9-25-71)58(98)80-36-55(94)90-28-12-20-52(90)63(103)87-49(32-40(3)4)67(107)92-30-14-22-54(92)65(105)88-50(68(108)109)33-41-15-6-5-7-16-41/h5-7,15-16,35,38-40,43-54,93H,8-14,17-34,36-37,71-72H2,1-4H3,(H,77,81)(H,80,98)(H,82,101)(H,83,104)(H,84,97)(H,85,99)(H,86,102)(H,87,103)(H,88,105)(H,89,100)(H,95,96)(H,108,109)(H4,73,74,78)(H4,75,76,79)/t43-,44-,45-,46-,47-,48-,49-,50-,51-,52-,53-,54-/m0/s1. The van der Waals surface area contributed by atoms with Crippen molar-refractivity contribution in [3.8, 4) is 0 Å². The Morgan fingerprint density at radius 3 is 1.52 bits per heavy atom. The van der Waals surface area contributed by atoms with Gasteiger partial charge in [0.1, 0.15) is 66.5 Å². The van der Waals surface area contributed by atoms with Gasteiger partial charge in [-0.1, -0.05) is 58.0 Å². The largest absolute Gasteiger partial charge is 0.481 e. The highest BCUT2D eigenvalue weighted by atomic mass is 16.4. The van der Waals surface area contributed by atoms with Gasteiger partial charge in [0.05, 0.1) is 25.5 Å². The van der Waals surface area contributed by atoms with Crippen LogP contribution in [-0.4, -0.2) is 260 Å². The van der Waals surface area contributed by atoms with Crippen molar-refractivity contribution in [2.24, 2.45) is 56.2 Å². The minimum Gasteiger partial charge on any atom is -0.481 e. The molecule has 12 atom stereocenters. The number of hydrogen-bond acceptors (Lipinski definition) is 20. The van der Waals surface area contributed by atoms with Crippen molar-refractivity contribution in [1.29, 1.82) is 0 Å². The smallest absolute Gasteiger partial charge is 0.326 e. The Kier molecular flexibility index (Phi) is 37.0. The first-order valence-corrected chi connectivity index (χ1v) is 37.1. The van der Waals surface area contributed by atoms with Crippen LogP contribution >= 0.6 is 0 Å². The molecule has 604 valence electrons. The first-order chi connectivity index (χ1) is 51.8. The lowest BCUT2D eigenvalue weighted by Crippen LogP contribution is -2.61. The fourth-order valence-corrected chi connectivity index (χ4v) is 13.1. The lowest BCUT2D eigenvalue weighted by Gasteiger charge is -2.31. The minimum atomic E-state index is -1.79. The van der Waals surface area contributed by atoms with Crippen LogP contribution in [0.2, 0.25) is 0 Å². The SMILES string of the molecule is CC(C)C[C@H](NC(=O)[C@H](CCCN=C(N)N)NC(=O)[C@@H]1CCCN1C(=O)[C@H](CCCN=C(N)N)NC(=O)[C@@H](N)CCC(=O)O)C(=O)N[C@@H](CO)C(=O)N[C@@H](Cc1cnc[nH]1)C(=O)N[C@@H](CCCCN)C(=O)NCC(=O)N1CCC[C@H]1C(=O)N[C@@H](CC(C)C)C(=O)N1CCC[C@H]1C(=O)N[C@@H](Cc1ccccc1)C(=O)O. The van der Waals surface area contributed by atoms with E-state index in [1.165, 1.54) is 27.2 Å². The molecular weight excluding hydrogens is 1420 g/mol. The topological polar surface area (TPSA) is 627 Å². The third-order valence-corrected chi connectivity index (χ3v) is 18.7. The van der Waals surface area contributed by atoms with Crippen molar-refractivity contribution in [3.05, 3.63) is 54.1 Å². The number of carboxylic acid groups (broad SMARTS) is 2. The number of unbranched alkanes of at least 4 members (excludes halogenated alkanes) is 1. The molecule has 5 rings (SSSR count). The molecule has 25 N–H and O–H groups in total. The number of aliphatic carboxylic acids is 2. The molecule has 3 saturated heterocycles. The second-order valence-electron chi connectivity index (χ2n) is 28.3. The molecule has 0 unspecified atom stereocenters. The number of amides is 12. The zero-order valence-corrected chi connectivity index (χ0v) is 62.4. The predicted octanol–water partition coefficient (Wildman–Crippen LogP) is -5.24. The van der Waals surface area contributed by atoms with E-state index < -0.39 is 175 Å². The normalized spacial score (nSPS) is 17.9. The molecule has 39 heteroatoms. The van der Waals surface area contributed by atoms with Gasteiger partial charge in [-0.25, -0.2) is 9.78 Å². The number of rotatable bonds is 46. The Morgan fingerprint density at radius 2 is 0.991 bits per heavy atom. The fourth-order valence-electron chi connectivity index (χ4n) is 13.1. The number of guanidine groups is 2. The van der Waals surface area contributed by atoms with Crippen LogP contribution in [0.4, 0.5) is 0 Å². The molecule has 1 aromatic carbocycles. The van der Waals surface area contributed by atoms with Crippen molar-refractivity contribution in [2.75, 3.05) is 52.4 Å². The van der Waals surface area contributed by atoms with E-state index in [0.29, 0.717) is 43.4 Å². The third kappa shape index (κ3) is 29.5. The number of carboxylic acids is 2. The van der Waals surface area contributed by atoms with E-state index in [4.69, 9.17) is 39.5 Å². The van der Waals surface area contributed by atoms with Crippen LogP contribution in [0.3, 0.4) is 0 Å². The predicted molar refractivity (Wildman–Crippen MR) is 396 cm³/mol. The maximum absolute atomic E-state index is 14.5. The van der Waals surface area contributed by atoms with Crippen LogP contribution in [0.15, 0.2) is 52.8 Å². The molecule has 1 aromatic heterocycles. The number of nitrogens with zero attached hydrogens (tertiary/aromatic N) is 6. The summed E-state index contributed by atoms with van der Waals surface area (Å²) in [6.45, 7) is 6.08. The number of H-pyrrole nitrogens is 1. The number of nitrogens with one attached hydrogen (secondary N) is 10. The van der Waals surface area contributed by atoms with E-state index in [1.54, 1.807) is 44.2 Å². The van der Waals surface area contributed by atoms with Gasteiger partial charge in [-0.2, -0.15) is 0 Å². The number of carbonyl (C=O) groups is 14. The highest BCUT2D eigenvalue weighted by Crippen LogP contribution is 2.25. The summed E-state index contributed by atoms with van der Waals surface area (Å²) in [6, 6.07) is -7.03. The molecule has 4 heterocycles. The molecule has 3 aliphatic rings. The summed E-state index contributed by atoms with van der Waals surface area (Å²) in [5.74, 6) is -12.9. The number of aliphatic imine (C=N–C) groups is 2. The van der Waals surface area contributed by atoms with Crippen LogP contribution < -0.4 is 82.3 Å². The summed E-state index contributed by atoms with van der Waals surface area (Å²) in [5, 5.41) is 53.5. The Bertz CT molecular complexity index is 3470. The summed E-state index contributed by atoms with van der Waals surface area (Å²) < 4.78 is 0. The maximum Gasteiger partial charge on any atom is 0.326 e. The van der Waals surface area contributed by atoms with E-state index in [2.05, 4.69) is 67.8 Å². The van der Waals surface area contributed by atoms with Gasteiger partial charge in [0.25, 0.3) is 0 Å². The molecule has 3 fully saturated rings. The number of aliphatic hydroxyl groups excluding tert-OH is 1. The lowest BCUT2D eigenvalue weighted by atomic mass is 10.0. The summed E-state index contributed by atoms with van der Waals surface area (Å²) in [4.78, 5) is 212. The minimum absolute atomic E-state index is 0.000971. The summed E-state index contributed by atoms with van der Waals surface area (Å²) >= 11 is 0. The Morgan fingerprint density at radius 1 is 0.532 bits per heavy atom. The molecule has 0 aliphatic carbocycles. The van der Waals surface area contributed by atoms with E-state index in [-0.39, 0.29) is 146 Å². The van der Waals surface area contributed by atoms with Gasteiger partial charge in [0.15, 0.2) is 11.9 Å². The van der Waals surface area contributed by atoms with Crippen LogP contribution in [0.5, 0.6) is 0 Å². The zero-order chi connectivity index (χ0) is 80.4. The molecular formula is C70H112N22O17. The molecule has 0 bridgehead atoms. The van der Waals surface area contributed by atoms with E-state index in [0.717, 1.165) is 0 Å². The molecule has 12 amide bonds.